The average Bonchev–Trinajstić information content (AvgIpc) is 2.77. The second-order valence-corrected chi connectivity index (χ2v) is 3.80. The molecule has 0 unspecified atom stereocenters. The standard InChI is InChI=1S/C9H13N5O/c1-7(2)3-8-12-9(15-13-8)4-14-6-10-5-11-14/h5-7H,3-4H2,1-2H3. The molecule has 0 aliphatic rings. The van der Waals surface area contributed by atoms with Crippen LogP contribution in [0.3, 0.4) is 0 Å². The molecule has 6 nitrogen and oxygen atoms in total. The van der Waals surface area contributed by atoms with Crippen LogP contribution in [-0.4, -0.2) is 24.9 Å². The fourth-order valence-electron chi connectivity index (χ4n) is 1.26. The van der Waals surface area contributed by atoms with Crippen LogP contribution in [0.15, 0.2) is 17.2 Å². The van der Waals surface area contributed by atoms with Crippen molar-refractivity contribution in [2.75, 3.05) is 0 Å². The maximum Gasteiger partial charge on any atom is 0.248 e. The maximum atomic E-state index is 5.09. The van der Waals surface area contributed by atoms with Crippen LogP contribution in [0.5, 0.6) is 0 Å². The van der Waals surface area contributed by atoms with Gasteiger partial charge in [0.05, 0.1) is 0 Å². The van der Waals surface area contributed by atoms with E-state index in [0.717, 1.165) is 12.2 Å². The summed E-state index contributed by atoms with van der Waals surface area (Å²) in [4.78, 5) is 8.09. The highest BCUT2D eigenvalue weighted by molar-refractivity contribution is 4.87. The van der Waals surface area contributed by atoms with E-state index in [9.17, 15) is 0 Å². The number of hydrogen-bond acceptors (Lipinski definition) is 5. The summed E-state index contributed by atoms with van der Waals surface area (Å²) in [6.45, 7) is 4.71. The third-order valence-electron chi connectivity index (χ3n) is 1.86. The highest BCUT2D eigenvalue weighted by Gasteiger charge is 2.08. The predicted octanol–water partition coefficient (Wildman–Crippen LogP) is 0.908. The number of rotatable bonds is 4. The molecule has 0 atom stereocenters. The van der Waals surface area contributed by atoms with Crippen molar-refractivity contribution in [2.45, 2.75) is 26.8 Å². The number of aromatic nitrogens is 5. The third kappa shape index (κ3) is 2.61. The quantitative estimate of drug-likeness (QED) is 0.745. The van der Waals surface area contributed by atoms with E-state index in [1.807, 2.05) is 0 Å². The molecule has 0 amide bonds. The molecule has 0 aromatic carbocycles. The zero-order valence-corrected chi connectivity index (χ0v) is 8.79. The van der Waals surface area contributed by atoms with Gasteiger partial charge in [0.15, 0.2) is 5.82 Å². The van der Waals surface area contributed by atoms with Gasteiger partial charge in [-0.3, -0.25) is 0 Å². The van der Waals surface area contributed by atoms with Crippen molar-refractivity contribution >= 4 is 0 Å². The first-order chi connectivity index (χ1) is 7.24. The first-order valence-electron chi connectivity index (χ1n) is 4.88. The third-order valence-corrected chi connectivity index (χ3v) is 1.86. The second kappa shape index (κ2) is 4.20. The minimum Gasteiger partial charge on any atom is -0.337 e. The molecule has 0 bridgehead atoms. The molecule has 0 N–H and O–H groups in total. The molecular weight excluding hydrogens is 194 g/mol. The summed E-state index contributed by atoms with van der Waals surface area (Å²) in [6, 6.07) is 0. The van der Waals surface area contributed by atoms with Gasteiger partial charge in [-0.15, -0.1) is 0 Å². The van der Waals surface area contributed by atoms with Gasteiger partial charge in [-0.25, -0.2) is 9.67 Å². The average molecular weight is 207 g/mol. The van der Waals surface area contributed by atoms with Crippen molar-refractivity contribution in [2.24, 2.45) is 5.92 Å². The topological polar surface area (TPSA) is 69.6 Å². The molecule has 0 aliphatic heterocycles. The Kier molecular flexibility index (Phi) is 2.75. The summed E-state index contributed by atoms with van der Waals surface area (Å²) in [7, 11) is 0. The SMILES string of the molecule is CC(C)Cc1noc(Cn2cncn2)n1. The summed E-state index contributed by atoms with van der Waals surface area (Å²) < 4.78 is 6.73. The molecule has 0 fully saturated rings. The van der Waals surface area contributed by atoms with Gasteiger partial charge in [0.2, 0.25) is 5.89 Å². The fourth-order valence-corrected chi connectivity index (χ4v) is 1.26. The van der Waals surface area contributed by atoms with Crippen molar-refractivity contribution in [3.63, 3.8) is 0 Å². The Morgan fingerprint density at radius 1 is 1.47 bits per heavy atom. The summed E-state index contributed by atoms with van der Waals surface area (Å²) in [5, 5.41) is 7.85. The minimum absolute atomic E-state index is 0.477. The minimum atomic E-state index is 0.477. The van der Waals surface area contributed by atoms with Crippen LogP contribution in [0.1, 0.15) is 25.6 Å². The summed E-state index contributed by atoms with van der Waals surface area (Å²) in [5.74, 6) is 1.85. The Morgan fingerprint density at radius 3 is 3.00 bits per heavy atom. The molecule has 0 aliphatic carbocycles. The van der Waals surface area contributed by atoms with Crippen molar-refractivity contribution in [3.8, 4) is 0 Å². The zero-order valence-electron chi connectivity index (χ0n) is 8.79. The Morgan fingerprint density at radius 2 is 2.33 bits per heavy atom. The molecule has 2 aromatic rings. The van der Waals surface area contributed by atoms with E-state index in [2.05, 4.69) is 34.1 Å². The summed E-state index contributed by atoms with van der Waals surface area (Å²) in [6.07, 6.45) is 3.93. The van der Waals surface area contributed by atoms with Crippen molar-refractivity contribution in [1.82, 2.24) is 24.9 Å². The lowest BCUT2D eigenvalue weighted by Crippen LogP contribution is -2.01. The van der Waals surface area contributed by atoms with Crippen LogP contribution in [0.4, 0.5) is 0 Å². The van der Waals surface area contributed by atoms with Gasteiger partial charge in [0.1, 0.15) is 19.2 Å². The molecular formula is C9H13N5O. The molecule has 0 saturated heterocycles. The predicted molar refractivity (Wildman–Crippen MR) is 52.0 cm³/mol. The Bertz CT molecular complexity index is 406. The van der Waals surface area contributed by atoms with Crippen LogP contribution in [0.2, 0.25) is 0 Å². The van der Waals surface area contributed by atoms with Gasteiger partial charge in [-0.05, 0) is 5.92 Å². The zero-order chi connectivity index (χ0) is 10.7. The van der Waals surface area contributed by atoms with Gasteiger partial charge in [0.25, 0.3) is 0 Å². The highest BCUT2D eigenvalue weighted by Crippen LogP contribution is 2.05. The molecule has 15 heavy (non-hydrogen) atoms. The molecule has 6 heteroatoms. The van der Waals surface area contributed by atoms with Crippen LogP contribution in [0.25, 0.3) is 0 Å². The van der Waals surface area contributed by atoms with Gasteiger partial charge in [0, 0.05) is 6.42 Å². The van der Waals surface area contributed by atoms with E-state index in [0.29, 0.717) is 18.4 Å². The van der Waals surface area contributed by atoms with Crippen molar-refractivity contribution in [1.29, 1.82) is 0 Å². The van der Waals surface area contributed by atoms with Gasteiger partial charge in [-0.1, -0.05) is 19.0 Å². The first-order valence-corrected chi connectivity index (χ1v) is 4.88. The van der Waals surface area contributed by atoms with Crippen LogP contribution in [-0.2, 0) is 13.0 Å². The summed E-state index contributed by atoms with van der Waals surface area (Å²) in [5.41, 5.74) is 0. The molecule has 0 saturated carbocycles. The molecule has 2 aromatic heterocycles. The number of nitrogens with zero attached hydrogens (tertiary/aromatic N) is 5. The van der Waals surface area contributed by atoms with E-state index in [4.69, 9.17) is 4.52 Å². The van der Waals surface area contributed by atoms with Gasteiger partial charge in [-0.2, -0.15) is 10.1 Å². The smallest absolute Gasteiger partial charge is 0.248 e. The highest BCUT2D eigenvalue weighted by atomic mass is 16.5. The molecule has 0 spiro atoms. The second-order valence-electron chi connectivity index (χ2n) is 3.80. The first kappa shape index (κ1) is 9.82. The number of hydrogen-bond donors (Lipinski definition) is 0. The van der Waals surface area contributed by atoms with E-state index < -0.39 is 0 Å². The Labute approximate surface area is 87.3 Å². The van der Waals surface area contributed by atoms with Crippen LogP contribution in [0, 0.1) is 5.92 Å². The fraction of sp³-hybridized carbons (Fsp3) is 0.556. The lowest BCUT2D eigenvalue weighted by molar-refractivity contribution is 0.359. The Balaban J connectivity index is 2.01. The molecule has 2 heterocycles. The Hall–Kier alpha value is -1.72. The van der Waals surface area contributed by atoms with Gasteiger partial charge >= 0.3 is 0 Å². The lowest BCUT2D eigenvalue weighted by atomic mass is 10.1. The normalized spacial score (nSPS) is 11.1. The lowest BCUT2D eigenvalue weighted by Gasteiger charge is -1.96. The van der Waals surface area contributed by atoms with Crippen LogP contribution < -0.4 is 0 Å². The van der Waals surface area contributed by atoms with Crippen molar-refractivity contribution < 1.29 is 4.52 Å². The van der Waals surface area contributed by atoms with E-state index in [1.165, 1.54) is 6.33 Å². The summed E-state index contributed by atoms with van der Waals surface area (Å²) >= 11 is 0. The monoisotopic (exact) mass is 207 g/mol. The molecule has 2 rings (SSSR count). The van der Waals surface area contributed by atoms with Gasteiger partial charge < -0.3 is 4.52 Å². The van der Waals surface area contributed by atoms with E-state index in [-0.39, 0.29) is 0 Å². The van der Waals surface area contributed by atoms with E-state index in [1.54, 1.807) is 11.0 Å². The molecule has 80 valence electrons. The van der Waals surface area contributed by atoms with Crippen molar-refractivity contribution in [3.05, 3.63) is 24.4 Å². The van der Waals surface area contributed by atoms with E-state index >= 15 is 0 Å². The molecule has 0 radical (unpaired) electrons. The maximum absolute atomic E-state index is 5.09. The largest absolute Gasteiger partial charge is 0.337 e. The van der Waals surface area contributed by atoms with Crippen LogP contribution >= 0.6 is 0 Å².